The van der Waals surface area contributed by atoms with Gasteiger partial charge in [0.25, 0.3) is 5.91 Å². The third-order valence-electron chi connectivity index (χ3n) is 6.78. The molecule has 0 saturated carbocycles. The summed E-state index contributed by atoms with van der Waals surface area (Å²) in [5.41, 5.74) is 7.07. The van der Waals surface area contributed by atoms with Crippen molar-refractivity contribution < 1.29 is 38.8 Å². The van der Waals surface area contributed by atoms with Crippen molar-refractivity contribution in [2.24, 2.45) is 5.16 Å². The molecule has 0 radical (unpaired) electrons. The van der Waals surface area contributed by atoms with Gasteiger partial charge in [-0.15, -0.1) is 23.1 Å². The number of nitrogens with two attached hydrogens (primary N) is 1. The molecular weight excluding hydrogens is 581 g/mol. The zero-order chi connectivity index (χ0) is 28.8. The summed E-state index contributed by atoms with van der Waals surface area (Å²) in [4.78, 5) is 61.9. The smallest absolute Gasteiger partial charge is 0.352 e. The van der Waals surface area contributed by atoms with E-state index in [4.69, 9.17) is 10.6 Å². The van der Waals surface area contributed by atoms with Crippen molar-refractivity contribution >= 4 is 69.0 Å². The number of carbonyl (C=O) groups is 4. The molecule has 212 valence electrons. The molecule has 1 unspecified atom stereocenters. The number of β-lactam (4-membered cyclic amide) rings is 1. The first-order valence-electron chi connectivity index (χ1n) is 12.4. The Bertz CT molecular complexity index is 1460. The van der Waals surface area contributed by atoms with Gasteiger partial charge in [-0.25, -0.2) is 14.6 Å². The number of thioether (sulfide) groups is 1. The SMILES string of the molecule is CC(C)(O/N=C(\C(=O)NC1S[C@@H]2CC(=O)N2C(C(=O)O)=C1C[n+]1csc2c1CCCC2)c1csc(N)n1)C(=O)O. The van der Waals surface area contributed by atoms with E-state index < -0.39 is 34.2 Å². The zero-order valence-corrected chi connectivity index (χ0v) is 24.0. The Kier molecular flexibility index (Phi) is 7.58. The zero-order valence-electron chi connectivity index (χ0n) is 21.6. The van der Waals surface area contributed by atoms with E-state index in [1.807, 2.05) is 10.1 Å². The Hall–Kier alpha value is -3.50. The molecule has 0 spiro atoms. The number of nitrogen functional groups attached to an aromatic ring is 1. The van der Waals surface area contributed by atoms with Gasteiger partial charge >= 0.3 is 11.9 Å². The van der Waals surface area contributed by atoms with Crippen molar-refractivity contribution in [3.05, 3.63) is 38.4 Å². The number of nitrogens with one attached hydrogen (secondary N) is 1. The molecule has 3 aliphatic rings. The van der Waals surface area contributed by atoms with Crippen molar-refractivity contribution in [3.63, 3.8) is 0 Å². The molecule has 5 N–H and O–H groups in total. The van der Waals surface area contributed by atoms with Crippen molar-refractivity contribution in [1.82, 2.24) is 15.2 Å². The van der Waals surface area contributed by atoms with Crippen LogP contribution in [0.25, 0.3) is 0 Å². The van der Waals surface area contributed by atoms with Crippen LogP contribution in [0.3, 0.4) is 0 Å². The second-order valence-corrected chi connectivity index (χ2v) is 13.1. The van der Waals surface area contributed by atoms with E-state index in [1.54, 1.807) is 11.3 Å². The van der Waals surface area contributed by atoms with Crippen LogP contribution < -0.4 is 15.6 Å². The Balaban J connectivity index is 1.51. The summed E-state index contributed by atoms with van der Waals surface area (Å²) in [6.07, 6.45) is 4.09. The third kappa shape index (κ3) is 5.30. The largest absolute Gasteiger partial charge is 0.478 e. The maximum atomic E-state index is 13.6. The minimum atomic E-state index is -1.74. The minimum Gasteiger partial charge on any atom is -0.478 e. The van der Waals surface area contributed by atoms with E-state index in [0.29, 0.717) is 5.57 Å². The number of rotatable bonds is 9. The number of nitrogens with zero attached hydrogens (tertiary/aromatic N) is 4. The summed E-state index contributed by atoms with van der Waals surface area (Å²) in [5.74, 6) is -3.61. The number of hydrogen-bond acceptors (Lipinski definition) is 11. The molecule has 2 aromatic rings. The van der Waals surface area contributed by atoms with Gasteiger partial charge in [-0.3, -0.25) is 14.5 Å². The van der Waals surface area contributed by atoms with Gasteiger partial charge < -0.3 is 26.1 Å². The number of aliphatic carboxylic acids is 2. The molecule has 0 bridgehead atoms. The normalized spacial score (nSPS) is 20.9. The fourth-order valence-electron chi connectivity index (χ4n) is 4.59. The van der Waals surface area contributed by atoms with E-state index >= 15 is 0 Å². The van der Waals surface area contributed by atoms with Crippen molar-refractivity contribution in [2.75, 3.05) is 5.73 Å². The molecule has 1 fully saturated rings. The monoisotopic (exact) mass is 607 g/mol. The second kappa shape index (κ2) is 10.8. The van der Waals surface area contributed by atoms with Gasteiger partial charge in [-0.05, 0) is 33.1 Å². The van der Waals surface area contributed by atoms with Crippen LogP contribution in [0.4, 0.5) is 5.13 Å². The van der Waals surface area contributed by atoms with Gasteiger partial charge in [0.05, 0.1) is 22.2 Å². The highest BCUT2D eigenvalue weighted by Gasteiger charge is 2.50. The van der Waals surface area contributed by atoms with Gasteiger partial charge in [0.1, 0.15) is 16.8 Å². The number of carboxylic acid groups (broad SMARTS) is 2. The molecule has 0 aromatic carbocycles. The number of amides is 2. The van der Waals surface area contributed by atoms with Crippen LogP contribution in [0.2, 0.25) is 0 Å². The Morgan fingerprint density at radius 1 is 1.27 bits per heavy atom. The second-order valence-electron chi connectivity index (χ2n) is 9.94. The number of hydrogen-bond donors (Lipinski definition) is 4. The number of thiazole rings is 2. The Morgan fingerprint density at radius 2 is 2.02 bits per heavy atom. The standard InChI is InChI=1S/C24H26N6O7S3/c1-24(2,22(35)36)37-28-17(12-9-38-23(25)26-12)19(32)27-20-11(8-29-10-39-14-6-4-3-5-13(14)29)18(21(33)34)30-15(31)7-16(30)40-20/h9-10,16,20H,3-8H2,1-2H3,(H4-,25,26,27,32,33,34,35,36)/p+1/b28-17-/t16-,20?/m1/s1. The fraction of sp³-hybridized carbons (Fsp3) is 0.458. The van der Waals surface area contributed by atoms with Crippen LogP contribution in [-0.2, 0) is 43.4 Å². The summed E-state index contributed by atoms with van der Waals surface area (Å²) in [6, 6.07) is 0. The lowest BCUT2D eigenvalue weighted by atomic mass is 10.0. The van der Waals surface area contributed by atoms with Gasteiger partial charge in [0, 0.05) is 11.8 Å². The number of oxime groups is 1. The number of fused-ring (bicyclic) bond motifs is 2. The first-order valence-corrected chi connectivity index (χ1v) is 15.1. The molecule has 13 nitrogen and oxygen atoms in total. The molecule has 2 aliphatic heterocycles. The Labute approximate surface area is 240 Å². The highest BCUT2D eigenvalue weighted by Crippen LogP contribution is 2.43. The van der Waals surface area contributed by atoms with Crippen LogP contribution in [0, 0.1) is 0 Å². The van der Waals surface area contributed by atoms with Crippen LogP contribution in [0.1, 0.15) is 49.4 Å². The van der Waals surface area contributed by atoms with E-state index in [2.05, 4.69) is 15.5 Å². The number of anilines is 1. The van der Waals surface area contributed by atoms with E-state index in [1.165, 1.54) is 40.8 Å². The van der Waals surface area contributed by atoms with E-state index in [-0.39, 0.29) is 41.1 Å². The van der Waals surface area contributed by atoms with Gasteiger partial charge in [0.2, 0.25) is 17.0 Å². The number of aromatic nitrogens is 2. The lowest BCUT2D eigenvalue weighted by Gasteiger charge is -2.46. The molecule has 2 atom stereocenters. The summed E-state index contributed by atoms with van der Waals surface area (Å²) < 4.78 is 2.00. The summed E-state index contributed by atoms with van der Waals surface area (Å²) in [5, 5.41) is 26.6. The van der Waals surface area contributed by atoms with Crippen LogP contribution >= 0.6 is 34.4 Å². The fourth-order valence-corrected chi connectivity index (χ4v) is 7.63. The predicted octanol–water partition coefficient (Wildman–Crippen LogP) is 1.32. The minimum absolute atomic E-state index is 0.0766. The van der Waals surface area contributed by atoms with Crippen LogP contribution in [0.15, 0.2) is 27.3 Å². The Morgan fingerprint density at radius 3 is 2.67 bits per heavy atom. The number of carbonyl (C=O) groups excluding carboxylic acids is 2. The quantitative estimate of drug-likeness (QED) is 0.140. The molecule has 16 heteroatoms. The molecule has 5 rings (SSSR count). The van der Waals surface area contributed by atoms with Crippen LogP contribution in [-0.4, -0.2) is 65.9 Å². The third-order valence-corrected chi connectivity index (χ3v) is 9.91. The molecule has 2 amide bonds. The van der Waals surface area contributed by atoms with E-state index in [0.717, 1.165) is 42.7 Å². The van der Waals surface area contributed by atoms with Crippen molar-refractivity contribution in [1.29, 1.82) is 0 Å². The highest BCUT2D eigenvalue weighted by atomic mass is 32.2. The first-order chi connectivity index (χ1) is 19.0. The summed E-state index contributed by atoms with van der Waals surface area (Å²) in [7, 11) is 0. The predicted molar refractivity (Wildman–Crippen MR) is 146 cm³/mol. The van der Waals surface area contributed by atoms with E-state index in [9.17, 15) is 29.4 Å². The van der Waals surface area contributed by atoms with Crippen molar-refractivity contribution in [2.45, 2.75) is 68.8 Å². The number of carboxylic acids is 2. The lowest BCUT2D eigenvalue weighted by molar-refractivity contribution is -0.692. The molecule has 1 saturated heterocycles. The highest BCUT2D eigenvalue weighted by molar-refractivity contribution is 8.00. The van der Waals surface area contributed by atoms with Gasteiger partial charge in [0.15, 0.2) is 23.1 Å². The maximum Gasteiger partial charge on any atom is 0.352 e. The van der Waals surface area contributed by atoms with Crippen molar-refractivity contribution in [3.8, 4) is 0 Å². The average Bonchev–Trinajstić information content (AvgIpc) is 3.50. The molecule has 40 heavy (non-hydrogen) atoms. The molecule has 1 aliphatic carbocycles. The van der Waals surface area contributed by atoms with Gasteiger partial charge in [-0.2, -0.15) is 4.57 Å². The molecule has 2 aromatic heterocycles. The topological polar surface area (TPSA) is 188 Å². The lowest BCUT2D eigenvalue weighted by Crippen LogP contribution is -2.59. The number of aryl methyl sites for hydroxylation is 1. The average molecular weight is 608 g/mol. The van der Waals surface area contributed by atoms with Crippen LogP contribution in [0.5, 0.6) is 0 Å². The summed E-state index contributed by atoms with van der Waals surface area (Å²) >= 11 is 3.93. The molecular formula is C24H27N6O7S3+. The first kappa shape index (κ1) is 28.0. The molecule has 4 heterocycles. The summed E-state index contributed by atoms with van der Waals surface area (Å²) in [6.45, 7) is 2.73. The maximum absolute atomic E-state index is 13.6. The van der Waals surface area contributed by atoms with Gasteiger partial charge in [-0.1, -0.05) is 16.5 Å².